The van der Waals surface area contributed by atoms with Gasteiger partial charge in [-0.3, -0.25) is 19.7 Å². The largest absolute Gasteiger partial charge is 0.326 e. The number of nitrogens with one attached hydrogen (secondary N) is 2. The molecule has 132 valence electrons. The van der Waals surface area contributed by atoms with E-state index in [1.807, 2.05) is 24.3 Å². The highest BCUT2D eigenvalue weighted by molar-refractivity contribution is 6.03. The van der Waals surface area contributed by atoms with Gasteiger partial charge in [0.2, 0.25) is 17.7 Å². The van der Waals surface area contributed by atoms with Gasteiger partial charge in [-0.2, -0.15) is 0 Å². The Morgan fingerprint density at radius 2 is 1.92 bits per heavy atom. The number of benzene rings is 1. The van der Waals surface area contributed by atoms with Crippen LogP contribution in [0, 0.1) is 23.7 Å². The number of carbonyl (C=O) groups excluding carboxylic acids is 3. The van der Waals surface area contributed by atoms with Crippen LogP contribution >= 0.6 is 0 Å². The molecule has 3 aliphatic rings. The molecular weight excluding hydrogens is 316 g/mol. The predicted octanol–water partition coefficient (Wildman–Crippen LogP) is 2.66. The molecule has 1 heterocycles. The second kappa shape index (κ2) is 6.62. The Morgan fingerprint density at radius 3 is 2.52 bits per heavy atom. The standard InChI is InChI=1S/C20H24N2O3/c23-18(10-15-9-13-1-4-14(15)8-13)21-17-5-2-12(3-6-17)7-16-11-19(24)22-20(16)25/h2-3,5-6,13-16H,1,4,7-11H2,(H,21,23)(H,22,24,25). The molecular formula is C20H24N2O3. The lowest BCUT2D eigenvalue weighted by molar-refractivity contribution is -0.125. The van der Waals surface area contributed by atoms with Crippen LogP contribution < -0.4 is 10.6 Å². The van der Waals surface area contributed by atoms with Crippen LogP contribution in [0.4, 0.5) is 5.69 Å². The first-order valence-corrected chi connectivity index (χ1v) is 9.29. The molecule has 2 bridgehead atoms. The molecule has 2 saturated carbocycles. The topological polar surface area (TPSA) is 75.3 Å². The van der Waals surface area contributed by atoms with Gasteiger partial charge < -0.3 is 5.32 Å². The van der Waals surface area contributed by atoms with E-state index < -0.39 is 0 Å². The number of imide groups is 1. The van der Waals surface area contributed by atoms with Gasteiger partial charge in [0, 0.05) is 18.5 Å². The molecule has 5 heteroatoms. The van der Waals surface area contributed by atoms with Gasteiger partial charge in [0.25, 0.3) is 0 Å². The molecule has 1 saturated heterocycles. The second-order valence-corrected chi connectivity index (χ2v) is 7.90. The molecule has 1 aromatic carbocycles. The first-order valence-electron chi connectivity index (χ1n) is 9.29. The molecule has 3 amide bonds. The van der Waals surface area contributed by atoms with Crippen LogP contribution in [0.2, 0.25) is 0 Å². The van der Waals surface area contributed by atoms with Crippen LogP contribution in [-0.4, -0.2) is 17.7 Å². The zero-order chi connectivity index (χ0) is 17.4. The lowest BCUT2D eigenvalue weighted by atomic mass is 9.86. The first-order chi connectivity index (χ1) is 12.1. The summed E-state index contributed by atoms with van der Waals surface area (Å²) in [4.78, 5) is 35.2. The maximum absolute atomic E-state index is 12.3. The van der Waals surface area contributed by atoms with Crippen molar-refractivity contribution in [2.24, 2.45) is 23.7 Å². The Bertz CT molecular complexity index is 697. The van der Waals surface area contributed by atoms with Crippen LogP contribution in [0.5, 0.6) is 0 Å². The Kier molecular flexibility index (Phi) is 4.32. The van der Waals surface area contributed by atoms with Crippen molar-refractivity contribution >= 4 is 23.4 Å². The number of hydrogen-bond acceptors (Lipinski definition) is 3. The van der Waals surface area contributed by atoms with Gasteiger partial charge >= 0.3 is 0 Å². The lowest BCUT2D eigenvalue weighted by Gasteiger charge is -2.20. The number of carbonyl (C=O) groups is 3. The summed E-state index contributed by atoms with van der Waals surface area (Å²) in [5.41, 5.74) is 1.80. The summed E-state index contributed by atoms with van der Waals surface area (Å²) in [6.45, 7) is 0. The van der Waals surface area contributed by atoms with Crippen molar-refractivity contribution in [1.29, 1.82) is 0 Å². The smallest absolute Gasteiger partial charge is 0.230 e. The molecule has 0 radical (unpaired) electrons. The average Bonchev–Trinajstić information content (AvgIpc) is 3.26. The van der Waals surface area contributed by atoms with E-state index >= 15 is 0 Å². The third-order valence-corrected chi connectivity index (χ3v) is 6.12. The third kappa shape index (κ3) is 3.60. The fourth-order valence-electron chi connectivity index (χ4n) is 4.86. The highest BCUT2D eigenvalue weighted by atomic mass is 16.2. The van der Waals surface area contributed by atoms with E-state index in [9.17, 15) is 14.4 Å². The quantitative estimate of drug-likeness (QED) is 0.809. The maximum Gasteiger partial charge on any atom is 0.230 e. The molecule has 3 fully saturated rings. The molecule has 2 N–H and O–H groups in total. The Balaban J connectivity index is 1.29. The molecule has 5 nitrogen and oxygen atoms in total. The van der Waals surface area contributed by atoms with Crippen molar-refractivity contribution in [3.63, 3.8) is 0 Å². The van der Waals surface area contributed by atoms with E-state index in [2.05, 4.69) is 10.6 Å². The van der Waals surface area contributed by atoms with Gasteiger partial charge in [0.15, 0.2) is 0 Å². The van der Waals surface area contributed by atoms with Crippen molar-refractivity contribution in [1.82, 2.24) is 5.32 Å². The van der Waals surface area contributed by atoms with Gasteiger partial charge in [-0.25, -0.2) is 0 Å². The molecule has 4 atom stereocenters. The summed E-state index contributed by atoms with van der Waals surface area (Å²) in [5.74, 6) is 1.64. The normalized spacial score (nSPS) is 30.6. The number of rotatable bonds is 5. The van der Waals surface area contributed by atoms with Gasteiger partial charge in [-0.1, -0.05) is 18.6 Å². The van der Waals surface area contributed by atoms with Crippen LogP contribution in [0.25, 0.3) is 0 Å². The monoisotopic (exact) mass is 340 g/mol. The molecule has 0 aromatic heterocycles. The van der Waals surface area contributed by atoms with Crippen molar-refractivity contribution in [3.8, 4) is 0 Å². The zero-order valence-corrected chi connectivity index (χ0v) is 14.3. The maximum atomic E-state index is 12.3. The minimum atomic E-state index is -0.272. The van der Waals surface area contributed by atoms with Crippen LogP contribution in [0.1, 0.15) is 44.1 Å². The highest BCUT2D eigenvalue weighted by Crippen LogP contribution is 2.49. The van der Waals surface area contributed by atoms with Crippen molar-refractivity contribution < 1.29 is 14.4 Å². The summed E-state index contributed by atoms with van der Waals surface area (Å²) in [6, 6.07) is 7.60. The summed E-state index contributed by atoms with van der Waals surface area (Å²) >= 11 is 0. The number of hydrogen-bond donors (Lipinski definition) is 2. The lowest BCUT2D eigenvalue weighted by Crippen LogP contribution is -2.22. The minimum absolute atomic E-state index is 0.103. The van der Waals surface area contributed by atoms with Gasteiger partial charge in [0.05, 0.1) is 5.92 Å². The van der Waals surface area contributed by atoms with Crippen LogP contribution in [-0.2, 0) is 20.8 Å². The Labute approximate surface area is 147 Å². The van der Waals surface area contributed by atoms with E-state index in [0.29, 0.717) is 18.8 Å². The number of anilines is 1. The van der Waals surface area contributed by atoms with Crippen molar-refractivity contribution in [3.05, 3.63) is 29.8 Å². The second-order valence-electron chi connectivity index (χ2n) is 7.90. The van der Waals surface area contributed by atoms with Gasteiger partial charge in [0.1, 0.15) is 0 Å². The molecule has 4 rings (SSSR count). The van der Waals surface area contributed by atoms with Crippen molar-refractivity contribution in [2.75, 3.05) is 5.32 Å². The van der Waals surface area contributed by atoms with E-state index in [0.717, 1.165) is 23.1 Å². The molecule has 1 aliphatic heterocycles. The SMILES string of the molecule is O=C1CC(Cc2ccc(NC(=O)CC3CC4CCC3C4)cc2)C(=O)N1. The van der Waals surface area contributed by atoms with Crippen LogP contribution in [0.3, 0.4) is 0 Å². The highest BCUT2D eigenvalue weighted by Gasteiger charge is 2.40. The Hall–Kier alpha value is -2.17. The molecule has 0 spiro atoms. The van der Waals surface area contributed by atoms with Crippen LogP contribution in [0.15, 0.2) is 24.3 Å². The van der Waals surface area contributed by atoms with E-state index in [1.54, 1.807) is 0 Å². The Morgan fingerprint density at radius 1 is 1.12 bits per heavy atom. The molecule has 25 heavy (non-hydrogen) atoms. The third-order valence-electron chi connectivity index (χ3n) is 6.12. The van der Waals surface area contributed by atoms with E-state index in [1.165, 1.54) is 25.7 Å². The fraction of sp³-hybridized carbons (Fsp3) is 0.550. The van der Waals surface area contributed by atoms with E-state index in [4.69, 9.17) is 0 Å². The van der Waals surface area contributed by atoms with Gasteiger partial charge in [-0.15, -0.1) is 0 Å². The zero-order valence-electron chi connectivity index (χ0n) is 14.3. The summed E-state index contributed by atoms with van der Waals surface area (Å²) in [7, 11) is 0. The summed E-state index contributed by atoms with van der Waals surface area (Å²) in [5, 5.41) is 5.33. The molecule has 1 aromatic rings. The number of fused-ring (bicyclic) bond motifs is 2. The summed E-state index contributed by atoms with van der Waals surface area (Å²) < 4.78 is 0. The first kappa shape index (κ1) is 16.3. The van der Waals surface area contributed by atoms with E-state index in [-0.39, 0.29) is 30.1 Å². The van der Waals surface area contributed by atoms with Gasteiger partial charge in [-0.05, 0) is 61.1 Å². The molecule has 2 aliphatic carbocycles. The fourth-order valence-corrected chi connectivity index (χ4v) is 4.86. The minimum Gasteiger partial charge on any atom is -0.326 e. The summed E-state index contributed by atoms with van der Waals surface area (Å²) in [6.07, 6.45) is 6.65. The number of amides is 3. The molecule has 4 unspecified atom stereocenters. The van der Waals surface area contributed by atoms with Crippen molar-refractivity contribution in [2.45, 2.75) is 44.9 Å². The average molecular weight is 340 g/mol. The predicted molar refractivity (Wildman–Crippen MR) is 93.6 cm³/mol.